The van der Waals surface area contributed by atoms with Crippen molar-refractivity contribution < 1.29 is 9.13 Å². The van der Waals surface area contributed by atoms with Crippen LogP contribution in [0.3, 0.4) is 0 Å². The lowest BCUT2D eigenvalue weighted by Gasteiger charge is -2.23. The molecule has 2 aliphatic rings. The normalized spacial score (nSPS) is 27.0. The Morgan fingerprint density at radius 2 is 2.04 bits per heavy atom. The van der Waals surface area contributed by atoms with Gasteiger partial charge >= 0.3 is 0 Å². The van der Waals surface area contributed by atoms with E-state index in [-0.39, 0.29) is 11.6 Å². The van der Waals surface area contributed by atoms with Crippen molar-refractivity contribution in [3.05, 3.63) is 54.1 Å². The first-order valence-corrected chi connectivity index (χ1v) is 8.35. The maximum absolute atomic E-state index is 12.9. The molecule has 1 aromatic heterocycles. The van der Waals surface area contributed by atoms with Crippen molar-refractivity contribution in [3.63, 3.8) is 0 Å². The van der Waals surface area contributed by atoms with Gasteiger partial charge in [0.1, 0.15) is 0 Å². The molecule has 5 nitrogen and oxygen atoms in total. The molecule has 0 saturated carbocycles. The number of likely N-dealkylation sites (tertiary alicyclic amines) is 1. The van der Waals surface area contributed by atoms with Crippen molar-refractivity contribution in [2.24, 2.45) is 0 Å². The molecule has 2 saturated heterocycles. The van der Waals surface area contributed by atoms with Crippen LogP contribution in [0.1, 0.15) is 18.4 Å². The third kappa shape index (κ3) is 3.39. The fourth-order valence-electron chi connectivity index (χ4n) is 3.69. The molecule has 0 bridgehead atoms. The molecular weight excluding hydrogens is 307 g/mol. The highest BCUT2D eigenvalue weighted by Gasteiger charge is 2.45. The molecule has 4 rings (SSSR count). The van der Waals surface area contributed by atoms with Gasteiger partial charge in [-0.25, -0.2) is 14.4 Å². The number of anilines is 1. The van der Waals surface area contributed by atoms with Crippen LogP contribution < -0.4 is 5.32 Å². The van der Waals surface area contributed by atoms with E-state index in [0.717, 1.165) is 32.5 Å². The third-order valence-corrected chi connectivity index (χ3v) is 4.81. The van der Waals surface area contributed by atoms with Gasteiger partial charge in [-0.2, -0.15) is 0 Å². The van der Waals surface area contributed by atoms with Gasteiger partial charge in [0.2, 0.25) is 5.95 Å². The van der Waals surface area contributed by atoms with E-state index in [0.29, 0.717) is 12.6 Å². The van der Waals surface area contributed by atoms with Crippen LogP contribution >= 0.6 is 0 Å². The van der Waals surface area contributed by atoms with Gasteiger partial charge in [-0.15, -0.1) is 0 Å². The summed E-state index contributed by atoms with van der Waals surface area (Å²) in [6.45, 7) is 3.60. The maximum Gasteiger partial charge on any atom is 0.223 e. The van der Waals surface area contributed by atoms with Crippen LogP contribution in [0, 0.1) is 5.82 Å². The zero-order valence-electron chi connectivity index (χ0n) is 13.5. The van der Waals surface area contributed by atoms with E-state index in [1.54, 1.807) is 0 Å². The lowest BCUT2D eigenvalue weighted by Crippen LogP contribution is -2.33. The number of ether oxygens (including phenoxy) is 1. The van der Waals surface area contributed by atoms with Crippen molar-refractivity contribution in [1.82, 2.24) is 14.9 Å². The van der Waals surface area contributed by atoms with E-state index in [4.69, 9.17) is 4.74 Å². The number of rotatable bonds is 4. The molecule has 2 aromatic rings. The van der Waals surface area contributed by atoms with Crippen LogP contribution in [0.4, 0.5) is 10.3 Å². The molecule has 0 amide bonds. The average Bonchev–Trinajstić information content (AvgIpc) is 3.17. The van der Waals surface area contributed by atoms with Gasteiger partial charge in [0.25, 0.3) is 0 Å². The smallest absolute Gasteiger partial charge is 0.223 e. The Bertz CT molecular complexity index is 681. The van der Waals surface area contributed by atoms with Crippen LogP contribution in [0.5, 0.6) is 0 Å². The fraction of sp³-hybridized carbons (Fsp3) is 0.444. The predicted octanol–water partition coefficient (Wildman–Crippen LogP) is 2.46. The summed E-state index contributed by atoms with van der Waals surface area (Å²) in [4.78, 5) is 10.4. The SMILES string of the molecule is Fc1cnc(NC2COC3(CCN(Cc4ccccc4)C3)C2)nc1. The molecule has 2 aliphatic heterocycles. The van der Waals surface area contributed by atoms with Crippen molar-refractivity contribution in [3.8, 4) is 0 Å². The number of aromatic nitrogens is 2. The largest absolute Gasteiger partial charge is 0.371 e. The molecule has 0 aliphatic carbocycles. The van der Waals surface area contributed by atoms with Gasteiger partial charge in [-0.3, -0.25) is 4.90 Å². The first-order chi connectivity index (χ1) is 11.7. The Labute approximate surface area is 140 Å². The minimum atomic E-state index is -0.424. The Hall–Kier alpha value is -2.05. The number of nitrogens with one attached hydrogen (secondary N) is 1. The molecule has 2 atom stereocenters. The number of hydrogen-bond donors (Lipinski definition) is 1. The molecule has 3 heterocycles. The van der Waals surface area contributed by atoms with Crippen LogP contribution in [-0.4, -0.2) is 46.2 Å². The van der Waals surface area contributed by atoms with Gasteiger partial charge in [-0.1, -0.05) is 30.3 Å². The van der Waals surface area contributed by atoms with E-state index in [1.165, 1.54) is 18.0 Å². The minimum absolute atomic E-state index is 0.0769. The number of benzene rings is 1. The summed E-state index contributed by atoms with van der Waals surface area (Å²) in [6, 6.07) is 10.7. The maximum atomic E-state index is 12.9. The molecular formula is C18H21FN4O. The van der Waals surface area contributed by atoms with E-state index in [1.807, 2.05) is 6.07 Å². The zero-order valence-corrected chi connectivity index (χ0v) is 13.5. The minimum Gasteiger partial charge on any atom is -0.371 e. The van der Waals surface area contributed by atoms with Gasteiger partial charge < -0.3 is 10.1 Å². The number of hydrogen-bond acceptors (Lipinski definition) is 5. The summed E-state index contributed by atoms with van der Waals surface area (Å²) in [6.07, 6.45) is 4.33. The summed E-state index contributed by atoms with van der Waals surface area (Å²) in [5.41, 5.74) is 1.26. The van der Waals surface area contributed by atoms with Gasteiger partial charge in [0.05, 0.1) is 30.6 Å². The lowest BCUT2D eigenvalue weighted by molar-refractivity contribution is 0.0120. The molecule has 1 N–H and O–H groups in total. The van der Waals surface area contributed by atoms with Gasteiger partial charge in [0, 0.05) is 26.1 Å². The predicted molar refractivity (Wildman–Crippen MR) is 89.0 cm³/mol. The second-order valence-corrected chi connectivity index (χ2v) is 6.71. The Morgan fingerprint density at radius 1 is 1.25 bits per heavy atom. The van der Waals surface area contributed by atoms with Crippen molar-refractivity contribution in [1.29, 1.82) is 0 Å². The highest BCUT2D eigenvalue weighted by atomic mass is 19.1. The topological polar surface area (TPSA) is 50.3 Å². The number of nitrogens with zero attached hydrogens (tertiary/aromatic N) is 3. The van der Waals surface area contributed by atoms with Gasteiger partial charge in [0.15, 0.2) is 5.82 Å². The first kappa shape index (κ1) is 15.5. The summed E-state index contributed by atoms with van der Waals surface area (Å²) < 4.78 is 19.0. The van der Waals surface area contributed by atoms with E-state index < -0.39 is 5.82 Å². The Morgan fingerprint density at radius 3 is 2.83 bits per heavy atom. The second kappa shape index (κ2) is 6.45. The van der Waals surface area contributed by atoms with Gasteiger partial charge in [-0.05, 0) is 12.0 Å². The van der Waals surface area contributed by atoms with Crippen LogP contribution in [0.2, 0.25) is 0 Å². The monoisotopic (exact) mass is 328 g/mol. The van der Waals surface area contributed by atoms with Crippen LogP contribution in [-0.2, 0) is 11.3 Å². The van der Waals surface area contributed by atoms with E-state index in [9.17, 15) is 4.39 Å². The molecule has 2 unspecified atom stereocenters. The summed E-state index contributed by atoms with van der Waals surface area (Å²) >= 11 is 0. The highest BCUT2D eigenvalue weighted by molar-refractivity contribution is 5.26. The molecule has 6 heteroatoms. The number of halogens is 1. The van der Waals surface area contributed by atoms with E-state index >= 15 is 0 Å². The zero-order chi connectivity index (χ0) is 16.4. The molecule has 1 spiro atoms. The summed E-state index contributed by atoms with van der Waals surface area (Å²) in [5.74, 6) is 0.0354. The van der Waals surface area contributed by atoms with E-state index in [2.05, 4.69) is 44.5 Å². The molecule has 2 fully saturated rings. The Kier molecular flexibility index (Phi) is 4.16. The highest BCUT2D eigenvalue weighted by Crippen LogP contribution is 2.36. The second-order valence-electron chi connectivity index (χ2n) is 6.71. The first-order valence-electron chi connectivity index (χ1n) is 8.35. The van der Waals surface area contributed by atoms with Crippen molar-refractivity contribution in [2.75, 3.05) is 25.0 Å². The summed E-state index contributed by atoms with van der Waals surface area (Å²) in [5, 5.41) is 3.25. The van der Waals surface area contributed by atoms with Crippen molar-refractivity contribution >= 4 is 5.95 Å². The molecule has 24 heavy (non-hydrogen) atoms. The molecule has 126 valence electrons. The lowest BCUT2D eigenvalue weighted by atomic mass is 9.97. The molecule has 1 aromatic carbocycles. The van der Waals surface area contributed by atoms with Crippen LogP contribution in [0.25, 0.3) is 0 Å². The molecule has 0 radical (unpaired) electrons. The van der Waals surface area contributed by atoms with Crippen molar-refractivity contribution in [2.45, 2.75) is 31.0 Å². The standard InChI is InChI=1S/C18H21FN4O/c19-15-9-20-17(21-10-15)22-16-8-18(24-12-16)6-7-23(13-18)11-14-4-2-1-3-5-14/h1-5,9-10,16H,6-8,11-13H2,(H,20,21,22). The summed E-state index contributed by atoms with van der Waals surface area (Å²) in [7, 11) is 0. The third-order valence-electron chi connectivity index (χ3n) is 4.81. The average molecular weight is 328 g/mol. The Balaban J connectivity index is 1.33. The van der Waals surface area contributed by atoms with Crippen LogP contribution in [0.15, 0.2) is 42.7 Å². The fourth-order valence-corrected chi connectivity index (χ4v) is 3.69. The quantitative estimate of drug-likeness (QED) is 0.934.